The molecular weight excluding hydrogens is 202 g/mol. The van der Waals surface area contributed by atoms with Crippen molar-refractivity contribution in [2.75, 3.05) is 5.75 Å². The van der Waals surface area contributed by atoms with Crippen molar-refractivity contribution >= 4 is 24.5 Å². The normalized spacial score (nSPS) is 12.4. The Labute approximate surface area is 89.3 Å². The highest BCUT2D eigenvalue weighted by atomic mass is 32.1. The fourth-order valence-electron chi connectivity index (χ4n) is 1.23. The average Bonchev–Trinajstić information content (AvgIpc) is 2.10. The zero-order valence-electron chi connectivity index (χ0n) is 8.11. The van der Waals surface area contributed by atoms with Gasteiger partial charge in [-0.25, -0.2) is 0 Å². The lowest BCUT2D eigenvalue weighted by Crippen LogP contribution is -2.24. The maximum atomic E-state index is 10.9. The van der Waals surface area contributed by atoms with Crippen LogP contribution >= 0.6 is 12.6 Å². The predicted octanol–water partition coefficient (Wildman–Crippen LogP) is 1.05. The van der Waals surface area contributed by atoms with Gasteiger partial charge in [0.15, 0.2) is 0 Å². The first-order chi connectivity index (χ1) is 6.57. The minimum atomic E-state index is -0.884. The highest BCUT2D eigenvalue weighted by Crippen LogP contribution is 2.14. The molecule has 0 bridgehead atoms. The van der Waals surface area contributed by atoms with Crippen LogP contribution in [0.4, 0.5) is 0 Å². The van der Waals surface area contributed by atoms with E-state index in [1.807, 2.05) is 0 Å². The SMILES string of the molecule is NC(=O)C(CCCCS)CCC(=O)O. The third-order valence-corrected chi connectivity index (χ3v) is 2.39. The van der Waals surface area contributed by atoms with Crippen molar-refractivity contribution in [3.8, 4) is 0 Å². The van der Waals surface area contributed by atoms with Crippen LogP contribution in [0.25, 0.3) is 0 Å². The number of thiol groups is 1. The molecule has 0 rings (SSSR count). The second-order valence-corrected chi connectivity index (χ2v) is 3.70. The van der Waals surface area contributed by atoms with Gasteiger partial charge < -0.3 is 10.8 Å². The Morgan fingerprint density at radius 1 is 1.29 bits per heavy atom. The summed E-state index contributed by atoms with van der Waals surface area (Å²) in [4.78, 5) is 21.2. The van der Waals surface area contributed by atoms with Crippen LogP contribution in [0.1, 0.15) is 32.1 Å². The molecule has 0 saturated heterocycles. The van der Waals surface area contributed by atoms with Gasteiger partial charge in [0, 0.05) is 12.3 Å². The highest BCUT2D eigenvalue weighted by Gasteiger charge is 2.15. The molecule has 0 aliphatic heterocycles. The zero-order valence-corrected chi connectivity index (χ0v) is 9.00. The number of primary amides is 1. The number of rotatable bonds is 8. The molecule has 3 N–H and O–H groups in total. The van der Waals surface area contributed by atoms with Crippen LogP contribution in [0.3, 0.4) is 0 Å². The van der Waals surface area contributed by atoms with E-state index in [0.29, 0.717) is 12.8 Å². The lowest BCUT2D eigenvalue weighted by atomic mass is 9.96. The molecule has 1 amide bonds. The van der Waals surface area contributed by atoms with Crippen molar-refractivity contribution < 1.29 is 14.7 Å². The number of hydrogen-bond acceptors (Lipinski definition) is 3. The van der Waals surface area contributed by atoms with E-state index in [1.54, 1.807) is 0 Å². The molecular formula is C9H17NO3S. The van der Waals surface area contributed by atoms with Crippen LogP contribution in [-0.4, -0.2) is 22.7 Å². The lowest BCUT2D eigenvalue weighted by Gasteiger charge is -2.10. The Balaban J connectivity index is 3.78. The fraction of sp³-hybridized carbons (Fsp3) is 0.778. The summed E-state index contributed by atoms with van der Waals surface area (Å²) in [6.07, 6.45) is 2.82. The number of carbonyl (C=O) groups is 2. The third kappa shape index (κ3) is 6.77. The Hall–Kier alpha value is -0.710. The van der Waals surface area contributed by atoms with Crippen LogP contribution in [0, 0.1) is 5.92 Å². The summed E-state index contributed by atoms with van der Waals surface area (Å²) in [5, 5.41) is 8.45. The number of carboxylic acid groups (broad SMARTS) is 1. The molecule has 14 heavy (non-hydrogen) atoms. The van der Waals surface area contributed by atoms with Crippen LogP contribution in [-0.2, 0) is 9.59 Å². The topological polar surface area (TPSA) is 80.4 Å². The molecule has 0 aromatic carbocycles. The van der Waals surface area contributed by atoms with Gasteiger partial charge in [0.1, 0.15) is 0 Å². The van der Waals surface area contributed by atoms with Gasteiger partial charge in [-0.15, -0.1) is 0 Å². The average molecular weight is 219 g/mol. The number of carbonyl (C=O) groups excluding carboxylic acids is 1. The van der Waals surface area contributed by atoms with Crippen LogP contribution in [0.5, 0.6) is 0 Å². The van der Waals surface area contributed by atoms with Gasteiger partial charge in [0.05, 0.1) is 0 Å². The molecule has 0 heterocycles. The molecule has 0 aromatic rings. The number of unbranched alkanes of at least 4 members (excludes halogenated alkanes) is 1. The van der Waals surface area contributed by atoms with E-state index in [4.69, 9.17) is 10.8 Å². The van der Waals surface area contributed by atoms with Crippen molar-refractivity contribution in [3.63, 3.8) is 0 Å². The van der Waals surface area contributed by atoms with Gasteiger partial charge in [0.2, 0.25) is 5.91 Å². The molecule has 0 radical (unpaired) electrons. The first-order valence-electron chi connectivity index (χ1n) is 4.70. The van der Waals surface area contributed by atoms with E-state index in [9.17, 15) is 9.59 Å². The first-order valence-corrected chi connectivity index (χ1v) is 5.33. The van der Waals surface area contributed by atoms with E-state index in [1.165, 1.54) is 0 Å². The Kier molecular flexibility index (Phi) is 7.28. The van der Waals surface area contributed by atoms with Gasteiger partial charge in [0.25, 0.3) is 0 Å². The number of amides is 1. The molecule has 0 fully saturated rings. The summed E-state index contributed by atoms with van der Waals surface area (Å²) in [6, 6.07) is 0. The van der Waals surface area contributed by atoms with Crippen molar-refractivity contribution in [1.29, 1.82) is 0 Å². The maximum absolute atomic E-state index is 10.9. The minimum Gasteiger partial charge on any atom is -0.481 e. The maximum Gasteiger partial charge on any atom is 0.303 e. The molecule has 5 heteroatoms. The third-order valence-electron chi connectivity index (χ3n) is 2.07. The molecule has 0 aliphatic rings. The molecule has 0 aromatic heterocycles. The highest BCUT2D eigenvalue weighted by molar-refractivity contribution is 7.80. The number of aliphatic carboxylic acids is 1. The summed E-state index contributed by atoms with van der Waals surface area (Å²) in [5.74, 6) is -0.799. The van der Waals surface area contributed by atoms with E-state index in [-0.39, 0.29) is 12.3 Å². The quantitative estimate of drug-likeness (QED) is 0.421. The second-order valence-electron chi connectivity index (χ2n) is 3.25. The van der Waals surface area contributed by atoms with Crippen molar-refractivity contribution in [2.24, 2.45) is 11.7 Å². The molecule has 0 spiro atoms. The van der Waals surface area contributed by atoms with E-state index in [2.05, 4.69) is 12.6 Å². The van der Waals surface area contributed by atoms with Gasteiger partial charge in [-0.1, -0.05) is 6.42 Å². The van der Waals surface area contributed by atoms with Gasteiger partial charge >= 0.3 is 5.97 Å². The zero-order chi connectivity index (χ0) is 11.0. The summed E-state index contributed by atoms with van der Waals surface area (Å²) in [6.45, 7) is 0. The monoisotopic (exact) mass is 219 g/mol. The van der Waals surface area contributed by atoms with Crippen LogP contribution in [0.15, 0.2) is 0 Å². The number of hydrogen-bond donors (Lipinski definition) is 3. The van der Waals surface area contributed by atoms with E-state index >= 15 is 0 Å². The van der Waals surface area contributed by atoms with Gasteiger partial charge in [-0.05, 0) is 25.0 Å². The van der Waals surface area contributed by atoms with Crippen LogP contribution in [0.2, 0.25) is 0 Å². The minimum absolute atomic E-state index is 0.00841. The number of carboxylic acids is 1. The molecule has 4 nitrogen and oxygen atoms in total. The predicted molar refractivity (Wildman–Crippen MR) is 57.3 cm³/mol. The second kappa shape index (κ2) is 7.67. The Bertz CT molecular complexity index is 196. The van der Waals surface area contributed by atoms with Crippen LogP contribution < -0.4 is 5.73 Å². The van der Waals surface area contributed by atoms with Crippen molar-refractivity contribution in [2.45, 2.75) is 32.1 Å². The van der Waals surface area contributed by atoms with Crippen molar-refractivity contribution in [3.05, 3.63) is 0 Å². The van der Waals surface area contributed by atoms with E-state index in [0.717, 1.165) is 18.6 Å². The van der Waals surface area contributed by atoms with Crippen molar-refractivity contribution in [1.82, 2.24) is 0 Å². The molecule has 1 atom stereocenters. The molecule has 82 valence electrons. The summed E-state index contributed by atoms with van der Waals surface area (Å²) in [5.41, 5.74) is 5.15. The van der Waals surface area contributed by atoms with Gasteiger partial charge in [-0.2, -0.15) is 12.6 Å². The Morgan fingerprint density at radius 2 is 1.93 bits per heavy atom. The largest absolute Gasteiger partial charge is 0.481 e. The summed E-state index contributed by atoms with van der Waals surface area (Å²) in [7, 11) is 0. The fourth-order valence-corrected chi connectivity index (χ4v) is 1.45. The first kappa shape index (κ1) is 13.3. The lowest BCUT2D eigenvalue weighted by molar-refractivity contribution is -0.137. The standard InChI is InChI=1S/C9H17NO3S/c10-9(13)7(3-1-2-6-14)4-5-8(11)12/h7,14H,1-6H2,(H2,10,13)(H,11,12). The molecule has 0 aliphatic carbocycles. The summed E-state index contributed by atoms with van der Waals surface area (Å²) < 4.78 is 0. The molecule has 1 unspecified atom stereocenters. The smallest absolute Gasteiger partial charge is 0.303 e. The number of nitrogens with two attached hydrogens (primary N) is 1. The van der Waals surface area contributed by atoms with E-state index < -0.39 is 11.9 Å². The van der Waals surface area contributed by atoms with Gasteiger partial charge in [-0.3, -0.25) is 9.59 Å². The summed E-state index contributed by atoms with van der Waals surface area (Å²) >= 11 is 4.05. The molecule has 0 saturated carbocycles. The Morgan fingerprint density at radius 3 is 2.36 bits per heavy atom.